The molecule has 1 N–H and O–H groups in total. The van der Waals surface area contributed by atoms with Gasteiger partial charge in [0.25, 0.3) is 21.9 Å². The van der Waals surface area contributed by atoms with Gasteiger partial charge in [-0.15, -0.1) is 5.06 Å². The zero-order valence-corrected chi connectivity index (χ0v) is 11.5. The molecule has 2 amide bonds. The Kier molecular flexibility index (Phi) is 4.09. The fourth-order valence-corrected chi connectivity index (χ4v) is 3.12. The van der Waals surface area contributed by atoms with Gasteiger partial charge in [0, 0.05) is 0 Å². The molecule has 0 aromatic rings. The van der Waals surface area contributed by atoms with E-state index in [2.05, 4.69) is 0 Å². The van der Waals surface area contributed by atoms with Gasteiger partial charge in [-0.2, -0.15) is 8.42 Å². The summed E-state index contributed by atoms with van der Waals surface area (Å²) in [5, 5.41) is -1.72. The Balaban J connectivity index is 2.04. The van der Waals surface area contributed by atoms with Crippen LogP contribution in [0.25, 0.3) is 0 Å². The highest BCUT2D eigenvalue weighted by atomic mass is 32.2. The van der Waals surface area contributed by atoms with Crippen LogP contribution in [0.5, 0.6) is 0 Å². The Hall–Kier alpha value is -1.48. The summed E-state index contributed by atoms with van der Waals surface area (Å²) in [4.78, 5) is 39.7. The molecule has 0 bridgehead atoms. The van der Waals surface area contributed by atoms with E-state index in [1.54, 1.807) is 0 Å². The van der Waals surface area contributed by atoms with Crippen molar-refractivity contribution in [3.63, 3.8) is 0 Å². The summed E-state index contributed by atoms with van der Waals surface area (Å²) in [5.41, 5.74) is 0. The van der Waals surface area contributed by atoms with Gasteiger partial charge in [-0.25, -0.2) is 4.79 Å². The maximum Gasteiger partial charge on any atom is 0.336 e. The SMILES string of the molecule is O=C(ON1C(=O)CC(S(=O)(=O)O)C1=O)C1CCCCC1. The number of hydroxylamine groups is 2. The van der Waals surface area contributed by atoms with Gasteiger partial charge >= 0.3 is 5.97 Å². The van der Waals surface area contributed by atoms with Gasteiger partial charge in [0.15, 0.2) is 5.25 Å². The Bertz CT molecular complexity index is 535. The second-order valence-corrected chi connectivity index (χ2v) is 6.58. The molecule has 1 saturated heterocycles. The number of imide groups is 1. The molecule has 9 heteroatoms. The van der Waals surface area contributed by atoms with Crippen molar-refractivity contribution >= 4 is 27.9 Å². The molecular formula is C11H15NO7S. The maximum atomic E-state index is 11.8. The molecule has 0 radical (unpaired) electrons. The first-order chi connectivity index (χ1) is 9.30. The van der Waals surface area contributed by atoms with Crippen LogP contribution in [-0.4, -0.2) is 41.1 Å². The van der Waals surface area contributed by atoms with Crippen molar-refractivity contribution in [2.75, 3.05) is 0 Å². The molecule has 2 aliphatic rings. The highest BCUT2D eigenvalue weighted by Crippen LogP contribution is 2.26. The number of amides is 2. The molecule has 1 saturated carbocycles. The molecule has 1 aliphatic carbocycles. The van der Waals surface area contributed by atoms with Crippen molar-refractivity contribution in [3.05, 3.63) is 0 Å². The Morgan fingerprint density at radius 1 is 1.20 bits per heavy atom. The van der Waals surface area contributed by atoms with E-state index in [1.165, 1.54) is 0 Å². The van der Waals surface area contributed by atoms with Gasteiger partial charge in [-0.1, -0.05) is 19.3 Å². The number of hydrogen-bond donors (Lipinski definition) is 1. The van der Waals surface area contributed by atoms with E-state index in [4.69, 9.17) is 9.39 Å². The van der Waals surface area contributed by atoms with Crippen molar-refractivity contribution in [2.45, 2.75) is 43.8 Å². The number of nitrogens with zero attached hydrogens (tertiary/aromatic N) is 1. The number of hydrogen-bond acceptors (Lipinski definition) is 6. The molecule has 112 valence electrons. The normalized spacial score (nSPS) is 25.1. The first-order valence-corrected chi connectivity index (χ1v) is 7.86. The van der Waals surface area contributed by atoms with Crippen LogP contribution in [0.15, 0.2) is 0 Å². The monoisotopic (exact) mass is 305 g/mol. The highest BCUT2D eigenvalue weighted by Gasteiger charge is 2.48. The van der Waals surface area contributed by atoms with E-state index in [-0.39, 0.29) is 11.0 Å². The molecule has 1 atom stereocenters. The lowest BCUT2D eigenvalue weighted by Gasteiger charge is -2.21. The van der Waals surface area contributed by atoms with E-state index in [0.29, 0.717) is 12.8 Å². The molecule has 0 spiro atoms. The van der Waals surface area contributed by atoms with Crippen molar-refractivity contribution in [1.82, 2.24) is 5.06 Å². The lowest BCUT2D eigenvalue weighted by atomic mass is 9.89. The van der Waals surface area contributed by atoms with E-state index in [0.717, 1.165) is 19.3 Å². The quantitative estimate of drug-likeness (QED) is 0.577. The molecule has 1 aliphatic heterocycles. The molecule has 8 nitrogen and oxygen atoms in total. The van der Waals surface area contributed by atoms with E-state index in [1.807, 2.05) is 0 Å². The van der Waals surface area contributed by atoms with Crippen LogP contribution in [0.3, 0.4) is 0 Å². The third kappa shape index (κ3) is 2.98. The summed E-state index contributed by atoms with van der Waals surface area (Å²) < 4.78 is 30.7. The van der Waals surface area contributed by atoms with Gasteiger partial charge in [0.2, 0.25) is 0 Å². The fourth-order valence-electron chi connectivity index (χ4n) is 2.41. The van der Waals surface area contributed by atoms with Crippen LogP contribution in [0, 0.1) is 5.92 Å². The van der Waals surface area contributed by atoms with Gasteiger partial charge < -0.3 is 4.84 Å². The zero-order chi connectivity index (χ0) is 14.9. The summed E-state index contributed by atoms with van der Waals surface area (Å²) in [7, 11) is -4.68. The van der Waals surface area contributed by atoms with E-state index < -0.39 is 39.6 Å². The van der Waals surface area contributed by atoms with Gasteiger partial charge in [-0.3, -0.25) is 14.1 Å². The largest absolute Gasteiger partial charge is 0.336 e. The average Bonchev–Trinajstić information content (AvgIpc) is 2.67. The lowest BCUT2D eigenvalue weighted by Crippen LogP contribution is -2.38. The minimum atomic E-state index is -4.68. The molecule has 0 aromatic heterocycles. The Labute approximate surface area is 115 Å². The van der Waals surface area contributed by atoms with E-state index in [9.17, 15) is 22.8 Å². The number of carbonyl (C=O) groups is 3. The molecule has 2 fully saturated rings. The predicted octanol–water partition coefficient (Wildman–Crippen LogP) is 0.0402. The Morgan fingerprint density at radius 2 is 1.80 bits per heavy atom. The average molecular weight is 305 g/mol. The van der Waals surface area contributed by atoms with Crippen LogP contribution >= 0.6 is 0 Å². The maximum absolute atomic E-state index is 11.8. The van der Waals surface area contributed by atoms with Crippen molar-refractivity contribution < 1.29 is 32.2 Å². The molecular weight excluding hydrogens is 290 g/mol. The van der Waals surface area contributed by atoms with Crippen LogP contribution < -0.4 is 0 Å². The lowest BCUT2D eigenvalue weighted by molar-refractivity contribution is -0.201. The van der Waals surface area contributed by atoms with Gasteiger partial charge in [0.05, 0.1) is 12.3 Å². The summed E-state index contributed by atoms with van der Waals surface area (Å²) in [6, 6.07) is 0. The smallest absolute Gasteiger partial charge is 0.330 e. The van der Waals surface area contributed by atoms with Crippen LogP contribution in [0.4, 0.5) is 0 Å². The third-order valence-corrected chi connectivity index (χ3v) is 4.63. The minimum absolute atomic E-state index is 0.162. The topological polar surface area (TPSA) is 118 Å². The highest BCUT2D eigenvalue weighted by molar-refractivity contribution is 7.87. The minimum Gasteiger partial charge on any atom is -0.330 e. The van der Waals surface area contributed by atoms with Crippen molar-refractivity contribution in [2.24, 2.45) is 5.92 Å². The summed E-state index contributed by atoms with van der Waals surface area (Å²) in [5.74, 6) is -3.25. The van der Waals surface area contributed by atoms with Crippen molar-refractivity contribution in [1.29, 1.82) is 0 Å². The second kappa shape index (κ2) is 5.49. The van der Waals surface area contributed by atoms with Crippen LogP contribution in [0.2, 0.25) is 0 Å². The summed E-state index contributed by atoms with van der Waals surface area (Å²) in [6.07, 6.45) is 3.30. The standard InChI is InChI=1S/C11H15NO7S/c13-9-6-8(20(16,17)18)10(14)12(9)19-11(15)7-4-2-1-3-5-7/h7-8H,1-6H2,(H,16,17,18). The summed E-state index contributed by atoms with van der Waals surface area (Å²) >= 11 is 0. The predicted molar refractivity (Wildman–Crippen MR) is 64.5 cm³/mol. The number of rotatable bonds is 3. The molecule has 20 heavy (non-hydrogen) atoms. The molecule has 1 unspecified atom stereocenters. The molecule has 1 heterocycles. The molecule has 2 rings (SSSR count). The fraction of sp³-hybridized carbons (Fsp3) is 0.727. The second-order valence-electron chi connectivity index (χ2n) is 4.98. The van der Waals surface area contributed by atoms with Crippen LogP contribution in [-0.2, 0) is 29.3 Å². The van der Waals surface area contributed by atoms with Crippen LogP contribution in [0.1, 0.15) is 38.5 Å². The van der Waals surface area contributed by atoms with Crippen molar-refractivity contribution in [3.8, 4) is 0 Å². The third-order valence-electron chi connectivity index (χ3n) is 3.54. The van der Waals surface area contributed by atoms with Gasteiger partial charge in [0.1, 0.15) is 0 Å². The first kappa shape index (κ1) is 14.9. The zero-order valence-electron chi connectivity index (χ0n) is 10.6. The summed E-state index contributed by atoms with van der Waals surface area (Å²) in [6.45, 7) is 0. The first-order valence-electron chi connectivity index (χ1n) is 6.35. The Morgan fingerprint density at radius 3 is 2.30 bits per heavy atom. The van der Waals surface area contributed by atoms with Gasteiger partial charge in [-0.05, 0) is 12.8 Å². The number of carbonyl (C=O) groups excluding carboxylic acids is 3. The van der Waals surface area contributed by atoms with E-state index >= 15 is 0 Å². The molecule has 0 aromatic carbocycles.